The van der Waals surface area contributed by atoms with Crippen LogP contribution < -0.4 is 5.32 Å². The van der Waals surface area contributed by atoms with E-state index in [1.807, 2.05) is 13.8 Å². The van der Waals surface area contributed by atoms with Crippen LogP contribution in [-0.2, 0) is 4.79 Å². The van der Waals surface area contributed by atoms with Crippen molar-refractivity contribution in [2.45, 2.75) is 32.2 Å². The van der Waals surface area contributed by atoms with Crippen molar-refractivity contribution in [1.29, 1.82) is 0 Å². The monoisotopic (exact) mass is 169 g/mol. The topological polar surface area (TPSA) is 49.3 Å². The van der Waals surface area contributed by atoms with Gasteiger partial charge in [-0.1, -0.05) is 19.8 Å². The van der Waals surface area contributed by atoms with Gasteiger partial charge in [-0.2, -0.15) is 0 Å². The second-order valence-corrected chi connectivity index (χ2v) is 2.65. The van der Waals surface area contributed by atoms with E-state index in [9.17, 15) is 4.79 Å². The molecule has 0 amide bonds. The summed E-state index contributed by atoms with van der Waals surface area (Å²) in [6, 6.07) is 0. The van der Waals surface area contributed by atoms with E-state index in [2.05, 4.69) is 11.2 Å². The molecule has 0 fully saturated rings. The Balaban J connectivity index is 4.38. The summed E-state index contributed by atoms with van der Waals surface area (Å²) in [5, 5.41) is 11.8. The van der Waals surface area contributed by atoms with E-state index < -0.39 is 11.5 Å². The van der Waals surface area contributed by atoms with Gasteiger partial charge in [-0.15, -0.1) is 6.42 Å². The molecule has 0 aromatic heterocycles. The first-order valence-electron chi connectivity index (χ1n) is 4.04. The Kier molecular flexibility index (Phi) is 4.38. The molecule has 0 heterocycles. The van der Waals surface area contributed by atoms with Gasteiger partial charge in [0.25, 0.3) is 0 Å². The lowest BCUT2D eigenvalue weighted by atomic mass is 9.93. The fourth-order valence-electron chi connectivity index (χ4n) is 1.10. The molecule has 0 aromatic carbocycles. The van der Waals surface area contributed by atoms with E-state index in [1.54, 1.807) is 0 Å². The van der Waals surface area contributed by atoms with E-state index in [1.165, 1.54) is 0 Å². The molecule has 0 saturated heterocycles. The fourth-order valence-corrected chi connectivity index (χ4v) is 1.10. The van der Waals surface area contributed by atoms with Gasteiger partial charge in [0, 0.05) is 0 Å². The molecule has 2 N–H and O–H groups in total. The molecule has 0 spiro atoms. The largest absolute Gasteiger partial charge is 0.480 e. The lowest BCUT2D eigenvalue weighted by Gasteiger charge is -2.26. The first kappa shape index (κ1) is 11.0. The van der Waals surface area contributed by atoms with Crippen molar-refractivity contribution in [1.82, 2.24) is 5.32 Å². The SMILES string of the molecule is C#CCNC(CC)(CC)C(=O)O. The van der Waals surface area contributed by atoms with Crippen LogP contribution in [-0.4, -0.2) is 23.2 Å². The second-order valence-electron chi connectivity index (χ2n) is 2.65. The third-order valence-electron chi connectivity index (χ3n) is 2.15. The minimum atomic E-state index is -0.841. The van der Waals surface area contributed by atoms with Crippen LogP contribution in [0.5, 0.6) is 0 Å². The summed E-state index contributed by atoms with van der Waals surface area (Å²) < 4.78 is 0. The number of hydrogen-bond donors (Lipinski definition) is 2. The number of carboxylic acid groups (broad SMARTS) is 1. The Morgan fingerprint density at radius 2 is 2.08 bits per heavy atom. The second kappa shape index (κ2) is 4.78. The van der Waals surface area contributed by atoms with Crippen LogP contribution in [0.3, 0.4) is 0 Å². The highest BCUT2D eigenvalue weighted by Gasteiger charge is 2.33. The molecule has 0 aromatic rings. The Morgan fingerprint density at radius 1 is 1.58 bits per heavy atom. The van der Waals surface area contributed by atoms with Crippen LogP contribution in [0.1, 0.15) is 26.7 Å². The summed E-state index contributed by atoms with van der Waals surface area (Å²) in [6.07, 6.45) is 6.12. The third kappa shape index (κ3) is 2.24. The van der Waals surface area contributed by atoms with Crippen LogP contribution in [0.25, 0.3) is 0 Å². The number of carbonyl (C=O) groups is 1. The van der Waals surface area contributed by atoms with Gasteiger partial charge < -0.3 is 5.11 Å². The summed E-state index contributed by atoms with van der Waals surface area (Å²) in [4.78, 5) is 10.9. The summed E-state index contributed by atoms with van der Waals surface area (Å²) >= 11 is 0. The molecule has 0 aliphatic heterocycles. The van der Waals surface area contributed by atoms with E-state index in [0.717, 1.165) is 0 Å². The maximum absolute atomic E-state index is 10.9. The molecule has 0 aliphatic rings. The molecular weight excluding hydrogens is 154 g/mol. The van der Waals surface area contributed by atoms with Gasteiger partial charge in [-0.3, -0.25) is 10.1 Å². The van der Waals surface area contributed by atoms with Gasteiger partial charge in [-0.05, 0) is 12.8 Å². The van der Waals surface area contributed by atoms with Gasteiger partial charge in [0.1, 0.15) is 5.54 Å². The minimum absolute atomic E-state index is 0.300. The van der Waals surface area contributed by atoms with Crippen LogP contribution in [0.2, 0.25) is 0 Å². The first-order chi connectivity index (χ1) is 5.63. The standard InChI is InChI=1S/C9H15NO2/c1-4-7-10-9(5-2,6-3)8(11)12/h1,10H,5-7H2,2-3H3,(H,11,12). The number of aliphatic carboxylic acids is 1. The molecule has 0 unspecified atom stereocenters. The minimum Gasteiger partial charge on any atom is -0.480 e. The van der Waals surface area contributed by atoms with Crippen LogP contribution in [0.15, 0.2) is 0 Å². The Morgan fingerprint density at radius 3 is 2.33 bits per heavy atom. The summed E-state index contributed by atoms with van der Waals surface area (Å²) in [5.41, 5.74) is -0.841. The van der Waals surface area contributed by atoms with Crippen molar-refractivity contribution in [3.8, 4) is 12.3 Å². The van der Waals surface area contributed by atoms with E-state index in [-0.39, 0.29) is 0 Å². The molecule has 3 heteroatoms. The zero-order valence-electron chi connectivity index (χ0n) is 7.55. The average molecular weight is 169 g/mol. The molecule has 0 radical (unpaired) electrons. The average Bonchev–Trinajstić information content (AvgIpc) is 2.07. The van der Waals surface area contributed by atoms with E-state index in [4.69, 9.17) is 11.5 Å². The lowest BCUT2D eigenvalue weighted by molar-refractivity contribution is -0.145. The summed E-state index contributed by atoms with van der Waals surface area (Å²) in [6.45, 7) is 3.97. The Bertz CT molecular complexity index is 189. The molecule has 3 nitrogen and oxygen atoms in total. The van der Waals surface area contributed by atoms with E-state index in [0.29, 0.717) is 19.4 Å². The van der Waals surface area contributed by atoms with Crippen molar-refractivity contribution in [3.05, 3.63) is 0 Å². The third-order valence-corrected chi connectivity index (χ3v) is 2.15. The highest BCUT2D eigenvalue weighted by Crippen LogP contribution is 2.14. The fraction of sp³-hybridized carbons (Fsp3) is 0.667. The van der Waals surface area contributed by atoms with Gasteiger partial charge >= 0.3 is 5.97 Å². The van der Waals surface area contributed by atoms with Crippen molar-refractivity contribution in [3.63, 3.8) is 0 Å². The summed E-state index contributed by atoms with van der Waals surface area (Å²) in [5.74, 6) is 1.54. The number of terminal acetylenes is 1. The van der Waals surface area contributed by atoms with Crippen LogP contribution in [0.4, 0.5) is 0 Å². The number of carboxylic acids is 1. The Labute approximate surface area is 73.2 Å². The molecule has 12 heavy (non-hydrogen) atoms. The van der Waals surface area contributed by atoms with Crippen molar-refractivity contribution >= 4 is 5.97 Å². The lowest BCUT2D eigenvalue weighted by Crippen LogP contribution is -2.51. The highest BCUT2D eigenvalue weighted by molar-refractivity contribution is 5.78. The van der Waals surface area contributed by atoms with Crippen molar-refractivity contribution in [2.24, 2.45) is 0 Å². The molecule has 0 atom stereocenters. The maximum Gasteiger partial charge on any atom is 0.323 e. The molecule has 0 aliphatic carbocycles. The first-order valence-corrected chi connectivity index (χ1v) is 4.04. The highest BCUT2D eigenvalue weighted by atomic mass is 16.4. The normalized spacial score (nSPS) is 10.8. The smallest absolute Gasteiger partial charge is 0.323 e. The van der Waals surface area contributed by atoms with E-state index >= 15 is 0 Å². The zero-order chi connectivity index (χ0) is 9.61. The van der Waals surface area contributed by atoms with Gasteiger partial charge in [0.05, 0.1) is 6.54 Å². The van der Waals surface area contributed by atoms with Crippen LogP contribution >= 0.6 is 0 Å². The zero-order valence-corrected chi connectivity index (χ0v) is 7.55. The number of nitrogens with one attached hydrogen (secondary N) is 1. The molecule has 0 saturated carbocycles. The number of rotatable bonds is 5. The van der Waals surface area contributed by atoms with Crippen molar-refractivity contribution < 1.29 is 9.90 Å². The predicted molar refractivity (Wildman–Crippen MR) is 47.8 cm³/mol. The molecular formula is C9H15NO2. The van der Waals surface area contributed by atoms with Gasteiger partial charge in [-0.25, -0.2) is 0 Å². The molecule has 0 bridgehead atoms. The Hall–Kier alpha value is -1.01. The number of hydrogen-bond acceptors (Lipinski definition) is 2. The maximum atomic E-state index is 10.9. The van der Waals surface area contributed by atoms with Crippen LogP contribution in [0, 0.1) is 12.3 Å². The molecule has 0 rings (SSSR count). The predicted octanol–water partition coefficient (Wildman–Crippen LogP) is 0.853. The van der Waals surface area contributed by atoms with Gasteiger partial charge in [0.2, 0.25) is 0 Å². The summed E-state index contributed by atoms with van der Waals surface area (Å²) in [7, 11) is 0. The van der Waals surface area contributed by atoms with Crippen molar-refractivity contribution in [2.75, 3.05) is 6.54 Å². The molecule has 68 valence electrons. The van der Waals surface area contributed by atoms with Gasteiger partial charge in [0.15, 0.2) is 0 Å². The quantitative estimate of drug-likeness (QED) is 0.600.